The summed E-state index contributed by atoms with van der Waals surface area (Å²) in [5.41, 5.74) is 2.49. The molecule has 1 atom stereocenters. The Bertz CT molecular complexity index is 360. The van der Waals surface area contributed by atoms with Crippen LogP contribution in [-0.4, -0.2) is 0 Å². The zero-order valence-corrected chi connectivity index (χ0v) is 11.5. The van der Waals surface area contributed by atoms with Crippen LogP contribution in [0.2, 0.25) is 0 Å². The second-order valence-electron chi connectivity index (χ2n) is 4.47. The van der Waals surface area contributed by atoms with E-state index in [1.165, 1.54) is 12.1 Å². The largest absolute Gasteiger partial charge is 0.271 e. The molecule has 1 aromatic carbocycles. The molecule has 0 saturated carbocycles. The molecule has 0 saturated heterocycles. The Balaban J connectivity index is 2.95. The average Bonchev–Trinajstić information content (AvgIpc) is 2.21. The zero-order valence-electron chi connectivity index (χ0n) is 9.93. The van der Waals surface area contributed by atoms with Crippen LogP contribution in [0.5, 0.6) is 0 Å². The summed E-state index contributed by atoms with van der Waals surface area (Å²) < 4.78 is 27.8. The Hall–Kier alpha value is -0.520. The van der Waals surface area contributed by atoms with E-state index in [1.807, 2.05) is 0 Å². The first-order chi connectivity index (χ1) is 7.95. The smallest absolute Gasteiger partial charge is 0.132 e. The molecule has 0 bridgehead atoms. The Morgan fingerprint density at radius 3 is 2.18 bits per heavy atom. The molecule has 3 N–H and O–H groups in total. The molecule has 2 nitrogen and oxygen atoms in total. The maximum absolute atomic E-state index is 13.7. The van der Waals surface area contributed by atoms with Crippen molar-refractivity contribution in [1.29, 1.82) is 0 Å². The predicted octanol–water partition coefficient (Wildman–Crippen LogP) is 3.67. The van der Waals surface area contributed by atoms with E-state index < -0.39 is 17.7 Å². The molecule has 1 aromatic rings. The minimum absolute atomic E-state index is 0.0105. The number of hydrogen-bond acceptors (Lipinski definition) is 2. The van der Waals surface area contributed by atoms with E-state index in [2.05, 4.69) is 35.2 Å². The van der Waals surface area contributed by atoms with Gasteiger partial charge in [-0.25, -0.2) is 8.78 Å². The summed E-state index contributed by atoms with van der Waals surface area (Å²) in [4.78, 5) is 0. The summed E-state index contributed by atoms with van der Waals surface area (Å²) in [6.07, 6.45) is 1.45. The van der Waals surface area contributed by atoms with Crippen LogP contribution in [0, 0.1) is 17.6 Å². The molecule has 5 heteroatoms. The number of benzene rings is 1. The molecule has 0 fully saturated rings. The van der Waals surface area contributed by atoms with Gasteiger partial charge in [0, 0.05) is 10.0 Å². The predicted molar refractivity (Wildman–Crippen MR) is 68.2 cm³/mol. The van der Waals surface area contributed by atoms with Crippen molar-refractivity contribution in [2.75, 3.05) is 0 Å². The van der Waals surface area contributed by atoms with Gasteiger partial charge in [0.25, 0.3) is 0 Å². The van der Waals surface area contributed by atoms with Crippen LogP contribution < -0.4 is 11.3 Å². The summed E-state index contributed by atoms with van der Waals surface area (Å²) in [5.74, 6) is 4.68. The van der Waals surface area contributed by atoms with Crippen molar-refractivity contribution in [3.8, 4) is 0 Å². The van der Waals surface area contributed by atoms with Gasteiger partial charge in [0.15, 0.2) is 0 Å². The number of halogens is 3. The van der Waals surface area contributed by atoms with Crippen molar-refractivity contribution in [3.05, 3.63) is 33.8 Å². The van der Waals surface area contributed by atoms with Gasteiger partial charge in [-0.15, -0.1) is 0 Å². The number of hydrogen-bond donors (Lipinski definition) is 2. The number of hydrazine groups is 1. The van der Waals surface area contributed by atoms with Crippen molar-refractivity contribution in [1.82, 2.24) is 5.43 Å². The summed E-state index contributed by atoms with van der Waals surface area (Å²) in [6, 6.07) is 2.00. The molecule has 0 heterocycles. The summed E-state index contributed by atoms with van der Waals surface area (Å²) >= 11 is 3.05. The lowest BCUT2D eigenvalue weighted by Gasteiger charge is -2.19. The van der Waals surface area contributed by atoms with E-state index in [9.17, 15) is 8.78 Å². The van der Waals surface area contributed by atoms with Gasteiger partial charge in [0.2, 0.25) is 0 Å². The van der Waals surface area contributed by atoms with Gasteiger partial charge in [-0.2, -0.15) is 0 Å². The maximum Gasteiger partial charge on any atom is 0.132 e. The van der Waals surface area contributed by atoms with Gasteiger partial charge in [-0.3, -0.25) is 11.3 Å². The van der Waals surface area contributed by atoms with Crippen molar-refractivity contribution in [2.24, 2.45) is 11.8 Å². The van der Waals surface area contributed by atoms with Crippen molar-refractivity contribution >= 4 is 15.9 Å². The minimum atomic E-state index is -0.580. The van der Waals surface area contributed by atoms with Crippen molar-refractivity contribution in [2.45, 2.75) is 32.7 Å². The third kappa shape index (κ3) is 4.01. The molecular formula is C12H17BrF2N2. The Kier molecular flexibility index (Phi) is 5.49. The van der Waals surface area contributed by atoms with Gasteiger partial charge in [0.05, 0.1) is 6.04 Å². The average molecular weight is 307 g/mol. The quantitative estimate of drug-likeness (QED) is 0.643. The molecule has 96 valence electrons. The molecule has 0 aliphatic rings. The van der Waals surface area contributed by atoms with Crippen LogP contribution in [0.4, 0.5) is 8.78 Å². The monoisotopic (exact) mass is 306 g/mol. The third-order valence-electron chi connectivity index (χ3n) is 2.63. The van der Waals surface area contributed by atoms with E-state index in [1.54, 1.807) is 0 Å². The van der Waals surface area contributed by atoms with Gasteiger partial charge in [-0.1, -0.05) is 29.8 Å². The van der Waals surface area contributed by atoms with Crippen LogP contribution in [-0.2, 0) is 0 Å². The first-order valence-electron chi connectivity index (χ1n) is 5.56. The lowest BCUT2D eigenvalue weighted by atomic mass is 9.97. The second kappa shape index (κ2) is 6.42. The van der Waals surface area contributed by atoms with Crippen molar-refractivity contribution in [3.63, 3.8) is 0 Å². The highest BCUT2D eigenvalue weighted by molar-refractivity contribution is 9.10. The number of rotatable bonds is 5. The second-order valence-corrected chi connectivity index (χ2v) is 5.39. The van der Waals surface area contributed by atoms with Crippen molar-refractivity contribution < 1.29 is 8.78 Å². The SMILES string of the molecule is CC(C)CCC(NN)c1c(F)cc(Br)cc1F. The molecule has 1 unspecified atom stereocenters. The fourth-order valence-electron chi connectivity index (χ4n) is 1.70. The molecule has 17 heavy (non-hydrogen) atoms. The van der Waals surface area contributed by atoms with Crippen LogP contribution in [0.25, 0.3) is 0 Å². The van der Waals surface area contributed by atoms with Crippen LogP contribution in [0.3, 0.4) is 0 Å². The summed E-state index contributed by atoms with van der Waals surface area (Å²) in [7, 11) is 0. The van der Waals surface area contributed by atoms with E-state index >= 15 is 0 Å². The fourth-order valence-corrected chi connectivity index (χ4v) is 2.10. The first kappa shape index (κ1) is 14.5. The van der Waals surface area contributed by atoms with Crippen LogP contribution in [0.15, 0.2) is 16.6 Å². The first-order valence-corrected chi connectivity index (χ1v) is 6.35. The molecule has 0 radical (unpaired) electrons. The Morgan fingerprint density at radius 1 is 1.24 bits per heavy atom. The van der Waals surface area contributed by atoms with Gasteiger partial charge < -0.3 is 0 Å². The van der Waals surface area contributed by atoms with Crippen LogP contribution >= 0.6 is 15.9 Å². The van der Waals surface area contributed by atoms with E-state index in [0.717, 1.165) is 6.42 Å². The topological polar surface area (TPSA) is 38.0 Å². The van der Waals surface area contributed by atoms with Crippen LogP contribution in [0.1, 0.15) is 38.3 Å². The summed E-state index contributed by atoms with van der Waals surface area (Å²) in [6.45, 7) is 4.11. The molecule has 0 aliphatic carbocycles. The fraction of sp³-hybridized carbons (Fsp3) is 0.500. The van der Waals surface area contributed by atoms with Gasteiger partial charge >= 0.3 is 0 Å². The molecule has 1 rings (SSSR count). The minimum Gasteiger partial charge on any atom is -0.271 e. The lowest BCUT2D eigenvalue weighted by Crippen LogP contribution is -2.29. The summed E-state index contributed by atoms with van der Waals surface area (Å²) in [5, 5.41) is 0. The molecular weight excluding hydrogens is 290 g/mol. The van der Waals surface area contributed by atoms with Gasteiger partial charge in [-0.05, 0) is 30.9 Å². The highest BCUT2D eigenvalue weighted by Gasteiger charge is 2.20. The third-order valence-corrected chi connectivity index (χ3v) is 3.08. The standard InChI is InChI=1S/C12H17BrF2N2/c1-7(2)3-4-11(17-16)12-9(14)5-8(13)6-10(12)15/h5-7,11,17H,3-4,16H2,1-2H3. The maximum atomic E-state index is 13.7. The molecule has 0 amide bonds. The lowest BCUT2D eigenvalue weighted by molar-refractivity contribution is 0.416. The van der Waals surface area contributed by atoms with Gasteiger partial charge in [0.1, 0.15) is 11.6 Å². The highest BCUT2D eigenvalue weighted by atomic mass is 79.9. The molecule has 0 spiro atoms. The Morgan fingerprint density at radius 2 is 1.76 bits per heavy atom. The van der Waals surface area contributed by atoms with E-state index in [4.69, 9.17) is 5.84 Å². The highest BCUT2D eigenvalue weighted by Crippen LogP contribution is 2.28. The van der Waals surface area contributed by atoms with E-state index in [0.29, 0.717) is 16.8 Å². The van der Waals surface area contributed by atoms with E-state index in [-0.39, 0.29) is 5.56 Å². The zero-order chi connectivity index (χ0) is 13.0. The normalized spacial score (nSPS) is 13.1. The Labute approximate surface area is 109 Å². The molecule has 0 aliphatic heterocycles. The number of nitrogens with one attached hydrogen (secondary N) is 1. The number of nitrogens with two attached hydrogens (primary N) is 1. The molecule has 0 aromatic heterocycles.